The molecular weight excluding hydrogens is 223 g/mol. The van der Waals surface area contributed by atoms with Crippen LogP contribution in [0.3, 0.4) is 0 Å². The van der Waals surface area contributed by atoms with E-state index in [1.807, 2.05) is 0 Å². The van der Waals surface area contributed by atoms with Crippen LogP contribution in [-0.4, -0.2) is 18.5 Å². The Labute approximate surface area is 108 Å². The first-order chi connectivity index (χ1) is 7.98. The standard InChI is InChI=1S/C16H28P/c1-7-17(8-2,9-3)12-16-14(5)10-13(4)11-15(16)6/h10-11H,7-9,12H2,1-6H3/q+1. The lowest BCUT2D eigenvalue weighted by Crippen LogP contribution is -2.08. The van der Waals surface area contributed by atoms with Crippen LogP contribution in [0.4, 0.5) is 0 Å². The molecule has 0 heterocycles. The third kappa shape index (κ3) is 3.32. The molecule has 17 heavy (non-hydrogen) atoms. The van der Waals surface area contributed by atoms with Crippen molar-refractivity contribution in [1.29, 1.82) is 0 Å². The van der Waals surface area contributed by atoms with Crippen LogP contribution in [0.5, 0.6) is 0 Å². The van der Waals surface area contributed by atoms with Crippen LogP contribution in [0.15, 0.2) is 12.1 Å². The van der Waals surface area contributed by atoms with Crippen molar-refractivity contribution in [2.45, 2.75) is 47.7 Å². The average Bonchev–Trinajstić information content (AvgIpc) is 2.29. The van der Waals surface area contributed by atoms with Crippen LogP contribution in [-0.2, 0) is 6.16 Å². The second-order valence-electron chi connectivity index (χ2n) is 5.33. The molecule has 0 saturated carbocycles. The summed E-state index contributed by atoms with van der Waals surface area (Å²) in [5.41, 5.74) is 6.04. The summed E-state index contributed by atoms with van der Waals surface area (Å²) < 4.78 is 0. The predicted octanol–water partition coefficient (Wildman–Crippen LogP) is 5.19. The smallest absolute Gasteiger partial charge is 0.0560 e. The van der Waals surface area contributed by atoms with Crippen molar-refractivity contribution in [3.63, 3.8) is 0 Å². The van der Waals surface area contributed by atoms with Crippen LogP contribution in [0.25, 0.3) is 0 Å². The molecule has 0 amide bonds. The van der Waals surface area contributed by atoms with E-state index in [1.165, 1.54) is 41.3 Å². The van der Waals surface area contributed by atoms with Gasteiger partial charge in [0.05, 0.1) is 24.6 Å². The van der Waals surface area contributed by atoms with Gasteiger partial charge in [0.1, 0.15) is 0 Å². The van der Waals surface area contributed by atoms with Crippen LogP contribution in [0.2, 0.25) is 0 Å². The van der Waals surface area contributed by atoms with E-state index in [-0.39, 0.29) is 0 Å². The van der Waals surface area contributed by atoms with Gasteiger partial charge >= 0.3 is 0 Å². The molecule has 0 fully saturated rings. The molecule has 0 aliphatic rings. The summed E-state index contributed by atoms with van der Waals surface area (Å²) in [7, 11) is -0.730. The Morgan fingerprint density at radius 3 is 1.59 bits per heavy atom. The molecule has 0 unspecified atom stereocenters. The Bertz CT molecular complexity index is 344. The largest absolute Gasteiger partial charge is 0.0847 e. The summed E-state index contributed by atoms with van der Waals surface area (Å²) in [5, 5.41) is 0. The summed E-state index contributed by atoms with van der Waals surface area (Å²) in [4.78, 5) is 0. The molecular formula is C16H28P+. The minimum atomic E-state index is -0.730. The van der Waals surface area contributed by atoms with Gasteiger partial charge in [-0.25, -0.2) is 0 Å². The molecule has 0 aliphatic heterocycles. The van der Waals surface area contributed by atoms with Crippen LogP contribution in [0, 0.1) is 20.8 Å². The highest BCUT2D eigenvalue weighted by Crippen LogP contribution is 2.61. The second kappa shape index (κ2) is 6.01. The van der Waals surface area contributed by atoms with E-state index >= 15 is 0 Å². The topological polar surface area (TPSA) is 0 Å². The van der Waals surface area contributed by atoms with Crippen molar-refractivity contribution >= 4 is 7.26 Å². The summed E-state index contributed by atoms with van der Waals surface area (Å²) >= 11 is 0. The lowest BCUT2D eigenvalue weighted by molar-refractivity contribution is 1.16. The number of benzene rings is 1. The van der Waals surface area contributed by atoms with Crippen LogP contribution in [0.1, 0.15) is 43.0 Å². The predicted molar refractivity (Wildman–Crippen MR) is 82.9 cm³/mol. The molecule has 0 saturated heterocycles. The van der Waals surface area contributed by atoms with Gasteiger partial charge < -0.3 is 0 Å². The normalized spacial score (nSPS) is 11.9. The molecule has 0 spiro atoms. The zero-order valence-corrected chi connectivity index (χ0v) is 13.3. The highest BCUT2D eigenvalue weighted by molar-refractivity contribution is 7.75. The van der Waals surface area contributed by atoms with Crippen molar-refractivity contribution in [2.75, 3.05) is 18.5 Å². The van der Waals surface area contributed by atoms with Gasteiger partial charge in [0.25, 0.3) is 0 Å². The first-order valence-electron chi connectivity index (χ1n) is 6.89. The van der Waals surface area contributed by atoms with Crippen molar-refractivity contribution in [3.8, 4) is 0 Å². The molecule has 1 heteroatoms. The summed E-state index contributed by atoms with van der Waals surface area (Å²) in [6.45, 7) is 13.9. The number of hydrogen-bond donors (Lipinski definition) is 0. The molecule has 1 aromatic carbocycles. The van der Waals surface area contributed by atoms with E-state index in [1.54, 1.807) is 5.56 Å². The molecule has 0 atom stereocenters. The number of rotatable bonds is 5. The highest BCUT2D eigenvalue weighted by atomic mass is 31.2. The Kier molecular flexibility index (Phi) is 5.20. The number of hydrogen-bond acceptors (Lipinski definition) is 0. The Morgan fingerprint density at radius 1 is 0.824 bits per heavy atom. The van der Waals surface area contributed by atoms with E-state index in [2.05, 4.69) is 53.7 Å². The Morgan fingerprint density at radius 2 is 1.24 bits per heavy atom. The molecule has 0 aliphatic carbocycles. The molecule has 0 nitrogen and oxygen atoms in total. The summed E-state index contributed by atoms with van der Waals surface area (Å²) in [6.07, 6.45) is 5.54. The van der Waals surface area contributed by atoms with E-state index in [4.69, 9.17) is 0 Å². The zero-order chi connectivity index (χ0) is 13.1. The number of aryl methyl sites for hydroxylation is 3. The summed E-state index contributed by atoms with van der Waals surface area (Å²) in [6, 6.07) is 4.69. The van der Waals surface area contributed by atoms with E-state index in [0.717, 1.165) is 0 Å². The quantitative estimate of drug-likeness (QED) is 0.632. The molecule has 1 aromatic rings. The third-order valence-corrected chi connectivity index (χ3v) is 9.36. The van der Waals surface area contributed by atoms with Gasteiger partial charge in [-0.2, -0.15) is 0 Å². The SMILES string of the molecule is CC[P+](CC)(CC)Cc1c(C)cc(C)cc1C. The lowest BCUT2D eigenvalue weighted by atomic mass is 10.0. The minimum absolute atomic E-state index is 0.730. The van der Waals surface area contributed by atoms with Crippen molar-refractivity contribution in [1.82, 2.24) is 0 Å². The minimum Gasteiger partial charge on any atom is -0.0560 e. The zero-order valence-electron chi connectivity index (χ0n) is 12.4. The fraction of sp³-hybridized carbons (Fsp3) is 0.625. The fourth-order valence-electron chi connectivity index (χ4n) is 2.80. The van der Waals surface area contributed by atoms with Gasteiger partial charge in [0.15, 0.2) is 0 Å². The van der Waals surface area contributed by atoms with E-state index in [9.17, 15) is 0 Å². The van der Waals surface area contributed by atoms with Gasteiger partial charge in [-0.3, -0.25) is 0 Å². The molecule has 1 rings (SSSR count). The Hall–Kier alpha value is -0.350. The van der Waals surface area contributed by atoms with Crippen LogP contribution >= 0.6 is 7.26 Å². The maximum Gasteiger partial charge on any atom is 0.0847 e. The second-order valence-corrected chi connectivity index (χ2v) is 10.2. The summed E-state index contributed by atoms with van der Waals surface area (Å²) in [5.74, 6) is 0. The maximum atomic E-state index is 2.39. The first-order valence-corrected chi connectivity index (χ1v) is 9.42. The van der Waals surface area contributed by atoms with Crippen molar-refractivity contribution in [2.24, 2.45) is 0 Å². The fourth-order valence-corrected chi connectivity index (χ4v) is 5.98. The van der Waals surface area contributed by atoms with Gasteiger partial charge in [0, 0.05) is 7.26 Å². The van der Waals surface area contributed by atoms with Gasteiger partial charge in [-0.1, -0.05) is 17.7 Å². The lowest BCUT2D eigenvalue weighted by Gasteiger charge is -2.25. The Balaban J connectivity index is 3.09. The van der Waals surface area contributed by atoms with E-state index in [0.29, 0.717) is 0 Å². The maximum absolute atomic E-state index is 2.39. The van der Waals surface area contributed by atoms with Crippen molar-refractivity contribution < 1.29 is 0 Å². The van der Waals surface area contributed by atoms with Gasteiger partial charge in [-0.05, 0) is 58.2 Å². The molecule has 96 valence electrons. The molecule has 0 N–H and O–H groups in total. The first kappa shape index (κ1) is 14.7. The van der Waals surface area contributed by atoms with Crippen molar-refractivity contribution in [3.05, 3.63) is 34.4 Å². The molecule has 0 radical (unpaired) electrons. The highest BCUT2D eigenvalue weighted by Gasteiger charge is 2.32. The third-order valence-electron chi connectivity index (χ3n) is 4.35. The molecule has 0 aromatic heterocycles. The van der Waals surface area contributed by atoms with Gasteiger partial charge in [-0.15, -0.1) is 0 Å². The monoisotopic (exact) mass is 251 g/mol. The van der Waals surface area contributed by atoms with Crippen LogP contribution < -0.4 is 0 Å². The molecule has 0 bridgehead atoms. The van der Waals surface area contributed by atoms with E-state index < -0.39 is 7.26 Å². The average molecular weight is 251 g/mol. The van der Waals surface area contributed by atoms with Gasteiger partial charge in [0.2, 0.25) is 0 Å².